The molecule has 1 amide bonds. The molecule has 0 aliphatic carbocycles. The zero-order valence-electron chi connectivity index (χ0n) is 12.5. The first kappa shape index (κ1) is 15.0. The Hall–Kier alpha value is -1.36. The highest BCUT2D eigenvalue weighted by Crippen LogP contribution is 2.24. The zero-order chi connectivity index (χ0) is 14.9. The van der Waals surface area contributed by atoms with Crippen LogP contribution in [0.15, 0.2) is 6.07 Å². The minimum absolute atomic E-state index is 0.106. The molecule has 0 bridgehead atoms. The predicted octanol–water partition coefficient (Wildman–Crippen LogP) is 2.10. The first-order chi connectivity index (χ1) is 9.27. The molecule has 0 aromatic carbocycles. The van der Waals surface area contributed by atoms with Gasteiger partial charge in [-0.3, -0.25) is 4.79 Å². The van der Waals surface area contributed by atoms with E-state index in [9.17, 15) is 4.79 Å². The molecule has 0 saturated carbocycles. The molecule has 0 spiro atoms. The van der Waals surface area contributed by atoms with Crippen molar-refractivity contribution in [3.05, 3.63) is 17.0 Å². The Labute approximate surface area is 124 Å². The van der Waals surface area contributed by atoms with Crippen LogP contribution in [0, 0.1) is 0 Å². The Morgan fingerprint density at radius 1 is 1.25 bits per heavy atom. The van der Waals surface area contributed by atoms with Crippen LogP contribution in [0.4, 0.5) is 5.82 Å². The van der Waals surface area contributed by atoms with Gasteiger partial charge in [0.25, 0.3) is 0 Å². The molecule has 0 unspecified atom stereocenters. The summed E-state index contributed by atoms with van der Waals surface area (Å²) in [6.07, 6.45) is 0.925. The lowest BCUT2D eigenvalue weighted by molar-refractivity contribution is -0.127. The van der Waals surface area contributed by atoms with Gasteiger partial charge < -0.3 is 9.80 Å². The number of rotatable bonds is 1. The van der Waals surface area contributed by atoms with Crippen LogP contribution in [-0.4, -0.2) is 47.5 Å². The van der Waals surface area contributed by atoms with E-state index in [1.165, 1.54) is 0 Å². The number of anilines is 1. The number of aromatic nitrogens is 2. The average molecular weight is 297 g/mol. The van der Waals surface area contributed by atoms with E-state index in [1.54, 1.807) is 11.0 Å². The smallest absolute Gasteiger partial charge is 0.241 e. The third-order valence-corrected chi connectivity index (χ3v) is 3.54. The number of likely N-dealkylation sites (N-methyl/N-ethyl adjacent to an activating group) is 1. The number of halogens is 1. The first-order valence-corrected chi connectivity index (χ1v) is 7.19. The highest BCUT2D eigenvalue weighted by molar-refractivity contribution is 6.29. The lowest BCUT2D eigenvalue weighted by atomic mass is 9.96. The van der Waals surface area contributed by atoms with Gasteiger partial charge >= 0.3 is 0 Å². The topological polar surface area (TPSA) is 49.3 Å². The van der Waals surface area contributed by atoms with Crippen molar-refractivity contribution in [3.63, 3.8) is 0 Å². The van der Waals surface area contributed by atoms with Gasteiger partial charge in [0.2, 0.25) is 5.91 Å². The summed E-state index contributed by atoms with van der Waals surface area (Å²) in [5.41, 5.74) is -0.174. The van der Waals surface area contributed by atoms with Crippen LogP contribution in [0.25, 0.3) is 0 Å². The second-order valence-electron chi connectivity index (χ2n) is 6.21. The average Bonchev–Trinajstić information content (AvgIpc) is 2.50. The SMILES string of the molecule is CN1CCCN(c2cc(Cl)nc(C(C)(C)C)n2)CC1=O. The number of carbonyl (C=O) groups is 1. The minimum Gasteiger partial charge on any atom is -0.347 e. The van der Waals surface area contributed by atoms with Gasteiger partial charge in [0.05, 0.1) is 6.54 Å². The van der Waals surface area contributed by atoms with E-state index >= 15 is 0 Å². The van der Waals surface area contributed by atoms with Crippen LogP contribution >= 0.6 is 11.6 Å². The van der Waals surface area contributed by atoms with Gasteiger partial charge in [-0.05, 0) is 6.42 Å². The van der Waals surface area contributed by atoms with E-state index in [4.69, 9.17) is 11.6 Å². The molecule has 1 fully saturated rings. The van der Waals surface area contributed by atoms with Gasteiger partial charge in [0, 0.05) is 31.6 Å². The van der Waals surface area contributed by atoms with Gasteiger partial charge in [-0.15, -0.1) is 0 Å². The monoisotopic (exact) mass is 296 g/mol. The fourth-order valence-corrected chi connectivity index (χ4v) is 2.26. The normalized spacial score (nSPS) is 17.4. The van der Waals surface area contributed by atoms with Crippen molar-refractivity contribution in [1.29, 1.82) is 0 Å². The molecule has 1 saturated heterocycles. The van der Waals surface area contributed by atoms with Crippen molar-refractivity contribution >= 4 is 23.3 Å². The highest BCUT2D eigenvalue weighted by Gasteiger charge is 2.23. The quantitative estimate of drug-likeness (QED) is 0.745. The van der Waals surface area contributed by atoms with Crippen molar-refractivity contribution in [3.8, 4) is 0 Å². The molecule has 0 N–H and O–H groups in total. The molecule has 0 radical (unpaired) electrons. The second kappa shape index (κ2) is 5.56. The van der Waals surface area contributed by atoms with Crippen LogP contribution in [-0.2, 0) is 10.2 Å². The fourth-order valence-electron chi connectivity index (χ4n) is 2.09. The number of carbonyl (C=O) groups excluding carboxylic acids is 1. The number of hydrogen-bond acceptors (Lipinski definition) is 4. The molecule has 0 atom stereocenters. The predicted molar refractivity (Wildman–Crippen MR) is 80.2 cm³/mol. The number of nitrogens with zero attached hydrogens (tertiary/aromatic N) is 4. The summed E-state index contributed by atoms with van der Waals surface area (Å²) in [4.78, 5) is 24.6. The van der Waals surface area contributed by atoms with Gasteiger partial charge in [0.15, 0.2) is 0 Å². The summed E-state index contributed by atoms with van der Waals surface area (Å²) in [5.74, 6) is 1.54. The molecule has 110 valence electrons. The van der Waals surface area contributed by atoms with E-state index < -0.39 is 0 Å². The molecule has 1 aliphatic heterocycles. The van der Waals surface area contributed by atoms with Crippen LogP contribution in [0.2, 0.25) is 5.15 Å². The van der Waals surface area contributed by atoms with Gasteiger partial charge in [-0.1, -0.05) is 32.4 Å². The van der Waals surface area contributed by atoms with Crippen molar-refractivity contribution < 1.29 is 4.79 Å². The van der Waals surface area contributed by atoms with Crippen molar-refractivity contribution in [2.45, 2.75) is 32.6 Å². The second-order valence-corrected chi connectivity index (χ2v) is 6.60. The molecule has 2 rings (SSSR count). The molecule has 1 aromatic heterocycles. The summed E-state index contributed by atoms with van der Waals surface area (Å²) in [5, 5.41) is 0.421. The summed E-state index contributed by atoms with van der Waals surface area (Å²) < 4.78 is 0. The molecule has 5 nitrogen and oxygen atoms in total. The number of hydrogen-bond donors (Lipinski definition) is 0. The molecular weight excluding hydrogens is 276 g/mol. The molecule has 2 heterocycles. The number of amides is 1. The lowest BCUT2D eigenvalue weighted by Gasteiger charge is -2.24. The van der Waals surface area contributed by atoms with Crippen LogP contribution in [0.1, 0.15) is 33.0 Å². The molecular formula is C14H21ClN4O. The summed E-state index contributed by atoms with van der Waals surface area (Å²) in [6, 6.07) is 1.73. The summed E-state index contributed by atoms with van der Waals surface area (Å²) in [6.45, 7) is 8.05. The van der Waals surface area contributed by atoms with E-state index in [0.717, 1.165) is 25.3 Å². The summed E-state index contributed by atoms with van der Waals surface area (Å²) >= 11 is 6.11. The van der Waals surface area contributed by atoms with Gasteiger partial charge in [0.1, 0.15) is 16.8 Å². The Bertz CT molecular complexity index is 512. The zero-order valence-corrected chi connectivity index (χ0v) is 13.2. The third-order valence-electron chi connectivity index (χ3n) is 3.35. The largest absolute Gasteiger partial charge is 0.347 e. The maximum atomic E-state index is 12.0. The van der Waals surface area contributed by atoms with E-state index in [1.807, 2.05) is 32.7 Å². The maximum absolute atomic E-state index is 12.0. The Kier molecular flexibility index (Phi) is 4.18. The highest BCUT2D eigenvalue weighted by atomic mass is 35.5. The molecule has 20 heavy (non-hydrogen) atoms. The van der Waals surface area contributed by atoms with E-state index in [2.05, 4.69) is 9.97 Å². The van der Waals surface area contributed by atoms with Crippen LogP contribution < -0.4 is 4.90 Å². The standard InChI is InChI=1S/C14H21ClN4O/c1-14(2,3)13-16-10(15)8-11(17-13)19-7-5-6-18(4)12(20)9-19/h8H,5-7,9H2,1-4H3. The van der Waals surface area contributed by atoms with Crippen LogP contribution in [0.3, 0.4) is 0 Å². The fraction of sp³-hybridized carbons (Fsp3) is 0.643. The molecule has 1 aromatic rings. The maximum Gasteiger partial charge on any atom is 0.241 e. The third kappa shape index (κ3) is 3.39. The van der Waals surface area contributed by atoms with Crippen molar-refractivity contribution in [1.82, 2.24) is 14.9 Å². The summed E-state index contributed by atoms with van der Waals surface area (Å²) in [7, 11) is 1.83. The molecule has 6 heteroatoms. The van der Waals surface area contributed by atoms with Crippen LogP contribution in [0.5, 0.6) is 0 Å². The molecule has 1 aliphatic rings. The Balaban J connectivity index is 2.32. The van der Waals surface area contributed by atoms with Crippen molar-refractivity contribution in [2.24, 2.45) is 0 Å². The van der Waals surface area contributed by atoms with E-state index in [0.29, 0.717) is 17.5 Å². The first-order valence-electron chi connectivity index (χ1n) is 6.81. The Morgan fingerprint density at radius 3 is 2.60 bits per heavy atom. The van der Waals surface area contributed by atoms with E-state index in [-0.39, 0.29) is 11.3 Å². The lowest BCUT2D eigenvalue weighted by Crippen LogP contribution is -2.35. The van der Waals surface area contributed by atoms with Gasteiger partial charge in [-0.2, -0.15) is 0 Å². The van der Waals surface area contributed by atoms with Crippen molar-refractivity contribution in [2.75, 3.05) is 31.6 Å². The minimum atomic E-state index is -0.174. The van der Waals surface area contributed by atoms with Gasteiger partial charge in [-0.25, -0.2) is 9.97 Å². The Morgan fingerprint density at radius 2 is 1.95 bits per heavy atom.